The molecular formula is C25H21ClN6O2. The lowest BCUT2D eigenvalue weighted by Crippen LogP contribution is -2.32. The van der Waals surface area contributed by atoms with Crippen molar-refractivity contribution in [2.45, 2.75) is 13.0 Å². The molecule has 3 aromatic heterocycles. The second kappa shape index (κ2) is 8.64. The minimum Gasteiger partial charge on any atom is -0.371 e. The maximum Gasteiger partial charge on any atom is 0.264 e. The summed E-state index contributed by atoms with van der Waals surface area (Å²) in [5.41, 5.74) is 1.81. The van der Waals surface area contributed by atoms with Gasteiger partial charge in [-0.15, -0.1) is 5.10 Å². The van der Waals surface area contributed by atoms with E-state index in [1.165, 1.54) is 0 Å². The Morgan fingerprint density at radius 1 is 1.09 bits per heavy atom. The zero-order valence-electron chi connectivity index (χ0n) is 18.5. The number of para-hydroxylation sites is 1. The molecule has 9 heteroatoms. The van der Waals surface area contributed by atoms with Crippen LogP contribution in [-0.2, 0) is 0 Å². The van der Waals surface area contributed by atoms with Gasteiger partial charge in [-0.3, -0.25) is 14.2 Å². The van der Waals surface area contributed by atoms with Crippen molar-refractivity contribution in [3.8, 4) is 5.69 Å². The summed E-state index contributed by atoms with van der Waals surface area (Å²) in [6, 6.07) is 17.7. The minimum atomic E-state index is -0.521. The number of carbonyl (C=O) groups excluding carboxylic acids is 1. The molecular weight excluding hydrogens is 452 g/mol. The van der Waals surface area contributed by atoms with E-state index in [2.05, 4.69) is 20.7 Å². The van der Waals surface area contributed by atoms with E-state index in [0.29, 0.717) is 44.2 Å². The van der Waals surface area contributed by atoms with Gasteiger partial charge in [0.25, 0.3) is 11.5 Å². The lowest BCUT2D eigenvalue weighted by Gasteiger charge is -2.21. The van der Waals surface area contributed by atoms with Crippen LogP contribution in [0.4, 0.5) is 5.82 Å². The number of hydrogen-bond acceptors (Lipinski definition) is 5. The summed E-state index contributed by atoms with van der Waals surface area (Å²) in [6.07, 6.45) is 3.33. The predicted molar refractivity (Wildman–Crippen MR) is 133 cm³/mol. The maximum atomic E-state index is 13.6. The molecule has 0 spiro atoms. The Hall–Kier alpha value is -4.17. The summed E-state index contributed by atoms with van der Waals surface area (Å²) in [7, 11) is 1.70. The normalized spacial score (nSPS) is 12.1. The van der Waals surface area contributed by atoms with Gasteiger partial charge in [-0.25, -0.2) is 9.50 Å². The molecule has 0 saturated heterocycles. The van der Waals surface area contributed by atoms with Crippen LogP contribution >= 0.6 is 11.6 Å². The number of aromatic nitrogens is 4. The molecule has 3 heterocycles. The number of halogens is 1. The fraction of sp³-hybridized carbons (Fsp3) is 0.120. The van der Waals surface area contributed by atoms with E-state index in [9.17, 15) is 9.59 Å². The molecule has 0 aliphatic rings. The first-order chi connectivity index (χ1) is 16.5. The lowest BCUT2D eigenvalue weighted by molar-refractivity contribution is 0.0941. The lowest BCUT2D eigenvalue weighted by atomic mass is 10.1. The van der Waals surface area contributed by atoms with Crippen molar-refractivity contribution < 1.29 is 4.79 Å². The number of anilines is 1. The molecule has 34 heavy (non-hydrogen) atoms. The standard InChI is InChI=1S/C25H21ClN6O2/c1-15(29-24(33)21-22(27-2)30-31-13-7-12-28-23(21)31)19-14-16-8-6-11-18(26)20(16)25(34)32(19)17-9-4-3-5-10-17/h3-15H,1-2H3,(H,27,30)(H,29,33). The molecule has 5 rings (SSSR count). The third kappa shape index (κ3) is 3.58. The summed E-state index contributed by atoms with van der Waals surface area (Å²) < 4.78 is 3.13. The molecule has 8 nitrogen and oxygen atoms in total. The zero-order chi connectivity index (χ0) is 23.8. The van der Waals surface area contributed by atoms with Crippen molar-refractivity contribution in [1.29, 1.82) is 0 Å². The van der Waals surface area contributed by atoms with Gasteiger partial charge in [0.05, 0.1) is 16.5 Å². The van der Waals surface area contributed by atoms with Crippen LogP contribution in [0.2, 0.25) is 5.02 Å². The molecule has 1 unspecified atom stereocenters. The first-order valence-corrected chi connectivity index (χ1v) is 11.1. The summed E-state index contributed by atoms with van der Waals surface area (Å²) in [5.74, 6) is 0.0537. The smallest absolute Gasteiger partial charge is 0.264 e. The molecule has 5 aromatic rings. The van der Waals surface area contributed by atoms with Crippen LogP contribution in [0.15, 0.2) is 77.9 Å². The number of carbonyl (C=O) groups is 1. The van der Waals surface area contributed by atoms with E-state index < -0.39 is 6.04 Å². The molecule has 2 aromatic carbocycles. The molecule has 0 aliphatic heterocycles. The summed E-state index contributed by atoms with van der Waals surface area (Å²) in [5, 5.41) is 11.9. The topological polar surface area (TPSA) is 93.3 Å². The molecule has 0 radical (unpaired) electrons. The number of benzene rings is 2. The van der Waals surface area contributed by atoms with Crippen LogP contribution in [-0.4, -0.2) is 32.1 Å². The monoisotopic (exact) mass is 472 g/mol. The van der Waals surface area contributed by atoms with E-state index in [1.807, 2.05) is 49.4 Å². The average molecular weight is 473 g/mol. The van der Waals surface area contributed by atoms with Crippen molar-refractivity contribution in [2.24, 2.45) is 0 Å². The van der Waals surface area contributed by atoms with Crippen LogP contribution in [0.3, 0.4) is 0 Å². The van der Waals surface area contributed by atoms with Gasteiger partial charge in [0.1, 0.15) is 5.56 Å². The van der Waals surface area contributed by atoms with E-state index >= 15 is 0 Å². The van der Waals surface area contributed by atoms with Gasteiger partial charge in [0.15, 0.2) is 11.5 Å². The molecule has 1 amide bonds. The minimum absolute atomic E-state index is 0.251. The van der Waals surface area contributed by atoms with Gasteiger partial charge < -0.3 is 10.6 Å². The summed E-state index contributed by atoms with van der Waals surface area (Å²) in [6.45, 7) is 1.83. The largest absolute Gasteiger partial charge is 0.371 e. The summed E-state index contributed by atoms with van der Waals surface area (Å²) >= 11 is 6.39. The SMILES string of the molecule is CNc1nn2cccnc2c1C(=O)NC(C)c1cc2cccc(Cl)c2c(=O)n1-c1ccccc1. The number of fused-ring (bicyclic) bond motifs is 2. The number of nitrogens with one attached hydrogen (secondary N) is 2. The van der Waals surface area contributed by atoms with Gasteiger partial charge >= 0.3 is 0 Å². The fourth-order valence-corrected chi connectivity index (χ4v) is 4.38. The van der Waals surface area contributed by atoms with E-state index in [-0.39, 0.29) is 11.5 Å². The number of rotatable bonds is 5. The van der Waals surface area contributed by atoms with Crippen molar-refractivity contribution in [2.75, 3.05) is 12.4 Å². The molecule has 0 bridgehead atoms. The van der Waals surface area contributed by atoms with Crippen LogP contribution in [0, 0.1) is 0 Å². The Morgan fingerprint density at radius 2 is 1.88 bits per heavy atom. The fourth-order valence-electron chi connectivity index (χ4n) is 4.12. The Morgan fingerprint density at radius 3 is 2.65 bits per heavy atom. The molecule has 0 fully saturated rings. The van der Waals surface area contributed by atoms with Gasteiger partial charge in [0, 0.05) is 30.8 Å². The van der Waals surface area contributed by atoms with Crippen molar-refractivity contribution in [1.82, 2.24) is 24.5 Å². The second-order valence-electron chi connectivity index (χ2n) is 7.81. The highest BCUT2D eigenvalue weighted by Crippen LogP contribution is 2.26. The molecule has 170 valence electrons. The Kier molecular flexibility index (Phi) is 5.51. The number of hydrogen-bond donors (Lipinski definition) is 2. The maximum absolute atomic E-state index is 13.6. The molecule has 2 N–H and O–H groups in total. The van der Waals surface area contributed by atoms with E-state index in [0.717, 1.165) is 0 Å². The third-order valence-corrected chi connectivity index (χ3v) is 6.00. The van der Waals surface area contributed by atoms with Gasteiger partial charge in [0.2, 0.25) is 0 Å². The highest BCUT2D eigenvalue weighted by molar-refractivity contribution is 6.35. The number of pyridine rings is 1. The van der Waals surface area contributed by atoms with Crippen molar-refractivity contribution in [3.05, 3.63) is 99.7 Å². The number of amides is 1. The van der Waals surface area contributed by atoms with Crippen LogP contribution in [0.1, 0.15) is 29.0 Å². The predicted octanol–water partition coefficient (Wildman–Crippen LogP) is 4.22. The Bertz CT molecular complexity index is 1590. The molecule has 0 aliphatic carbocycles. The number of nitrogens with zero attached hydrogens (tertiary/aromatic N) is 4. The van der Waals surface area contributed by atoms with Crippen LogP contribution in [0.25, 0.3) is 22.1 Å². The average Bonchev–Trinajstić information content (AvgIpc) is 3.23. The van der Waals surface area contributed by atoms with Crippen molar-refractivity contribution >= 4 is 39.7 Å². The Balaban J connectivity index is 1.64. The van der Waals surface area contributed by atoms with Gasteiger partial charge in [-0.05, 0) is 42.6 Å². The molecule has 1 atom stereocenters. The quantitative estimate of drug-likeness (QED) is 0.399. The van der Waals surface area contributed by atoms with E-state index in [1.54, 1.807) is 46.7 Å². The summed E-state index contributed by atoms with van der Waals surface area (Å²) in [4.78, 5) is 31.3. The van der Waals surface area contributed by atoms with Gasteiger partial charge in [-0.2, -0.15) is 0 Å². The highest BCUT2D eigenvalue weighted by Gasteiger charge is 2.24. The van der Waals surface area contributed by atoms with Crippen LogP contribution in [0.5, 0.6) is 0 Å². The highest BCUT2D eigenvalue weighted by atomic mass is 35.5. The van der Waals surface area contributed by atoms with Gasteiger partial charge in [-0.1, -0.05) is 41.9 Å². The Labute approximate surface area is 199 Å². The van der Waals surface area contributed by atoms with Crippen molar-refractivity contribution in [3.63, 3.8) is 0 Å². The second-order valence-corrected chi connectivity index (χ2v) is 8.21. The first-order valence-electron chi connectivity index (χ1n) is 10.7. The van der Waals surface area contributed by atoms with E-state index in [4.69, 9.17) is 11.6 Å². The first kappa shape index (κ1) is 21.7. The molecule has 0 saturated carbocycles. The third-order valence-electron chi connectivity index (χ3n) is 5.69. The zero-order valence-corrected chi connectivity index (χ0v) is 19.2. The van der Waals surface area contributed by atoms with Crippen LogP contribution < -0.4 is 16.2 Å².